The Morgan fingerprint density at radius 2 is 1.43 bits per heavy atom. The summed E-state index contributed by atoms with van der Waals surface area (Å²) in [5.74, 6) is -2.03. The van der Waals surface area contributed by atoms with Crippen molar-refractivity contribution < 1.29 is 74.5 Å². The quantitative estimate of drug-likeness (QED) is 0.0983. The van der Waals surface area contributed by atoms with E-state index >= 15 is 0 Å². The third-order valence-corrected chi connectivity index (χ3v) is 7.80. The summed E-state index contributed by atoms with van der Waals surface area (Å²) in [6, 6.07) is 3.17. The van der Waals surface area contributed by atoms with Gasteiger partial charge in [-0.3, -0.25) is 9.59 Å². The van der Waals surface area contributed by atoms with Crippen LogP contribution in [0.3, 0.4) is 0 Å². The number of ether oxygens (including phenoxy) is 2. The molecule has 2 N–H and O–H groups in total. The fraction of sp³-hybridized carbons (Fsp3) is 0.692. The minimum atomic E-state index is -4.98. The van der Waals surface area contributed by atoms with Gasteiger partial charge in [-0.1, -0.05) is 83.2 Å². The van der Waals surface area contributed by atoms with Crippen molar-refractivity contribution in [3.05, 3.63) is 18.3 Å². The number of fused-ring (bicyclic) bond motifs is 1. The van der Waals surface area contributed by atoms with Gasteiger partial charge in [0.15, 0.2) is 16.3 Å². The summed E-state index contributed by atoms with van der Waals surface area (Å²) in [5.41, 5.74) is 0.455. The van der Waals surface area contributed by atoms with E-state index in [2.05, 4.69) is 24.0 Å². The van der Waals surface area contributed by atoms with Gasteiger partial charge < -0.3 is 18.5 Å². The first kappa shape index (κ1) is 40.4. The smallest absolute Gasteiger partial charge is 0.747 e. The normalized spacial score (nSPS) is 12.1. The van der Waals surface area contributed by atoms with Crippen LogP contribution in [-0.2, 0) is 39.2 Å². The summed E-state index contributed by atoms with van der Waals surface area (Å²) in [7, 11) is -8.84. The van der Waals surface area contributed by atoms with Crippen LogP contribution in [0.4, 0.5) is 0 Å². The van der Waals surface area contributed by atoms with E-state index in [4.69, 9.17) is 19.1 Å². The molecule has 0 bridgehead atoms. The maximum absolute atomic E-state index is 11.9. The van der Waals surface area contributed by atoms with E-state index in [0.29, 0.717) is 18.4 Å². The van der Waals surface area contributed by atoms with Crippen LogP contribution < -0.4 is 34.7 Å². The van der Waals surface area contributed by atoms with Crippen molar-refractivity contribution in [2.45, 2.75) is 108 Å². The second kappa shape index (κ2) is 22.0. The minimum Gasteiger partial charge on any atom is -0.747 e. The van der Waals surface area contributed by atoms with Crippen molar-refractivity contribution in [3.63, 3.8) is 0 Å². The van der Waals surface area contributed by atoms with Crippen LogP contribution >= 0.6 is 0 Å². The monoisotopic (exact) mass is 643 g/mol. The maximum atomic E-state index is 11.9. The van der Waals surface area contributed by atoms with E-state index in [1.807, 2.05) is 0 Å². The van der Waals surface area contributed by atoms with E-state index in [0.717, 1.165) is 57.8 Å². The Balaban J connectivity index is 0.000000989. The van der Waals surface area contributed by atoms with Crippen LogP contribution in [0.25, 0.3) is 11.1 Å². The number of nitrogens with zero attached hydrogens (tertiary/aromatic N) is 2. The van der Waals surface area contributed by atoms with Gasteiger partial charge in [-0.25, -0.2) is 27.0 Å². The summed E-state index contributed by atoms with van der Waals surface area (Å²) >= 11 is 0. The Morgan fingerprint density at radius 3 is 1.95 bits per heavy atom. The standard InChI is InChI=1S/C20H38O7S.C6H5N3O3S.Na/c1-3-5-7-9-11-13-15-26-19(21)17-18(28(23,24)25)20(22)27-16-14-12-10-8-6-4-2;7-13(10,11)6-5-4(12-9-6)2-1-3-8-5;/h18H,3-17H2,1-2H3,(H,23,24,25);1-3H,(H2,7,10,11);/q;;+1/p-1. The van der Waals surface area contributed by atoms with Gasteiger partial charge in [-0.15, -0.1) is 0 Å². The number of pyridine rings is 1. The third-order valence-electron chi connectivity index (χ3n) is 5.94. The molecule has 0 radical (unpaired) electrons. The number of hydrogen-bond donors (Lipinski definition) is 1. The summed E-state index contributed by atoms with van der Waals surface area (Å²) in [5, 5.41) is 5.83. The first-order valence-electron chi connectivity index (χ1n) is 13.9. The first-order chi connectivity index (χ1) is 19.4. The average Bonchev–Trinajstić information content (AvgIpc) is 3.35. The van der Waals surface area contributed by atoms with E-state index in [-0.39, 0.29) is 53.3 Å². The molecule has 0 aliphatic heterocycles. The van der Waals surface area contributed by atoms with Gasteiger partial charge in [-0.2, -0.15) is 0 Å². The van der Waals surface area contributed by atoms with Crippen molar-refractivity contribution in [2.24, 2.45) is 5.14 Å². The van der Waals surface area contributed by atoms with Gasteiger partial charge in [0.05, 0.1) is 19.6 Å². The topological polar surface area (TPSA) is 209 Å². The molecule has 0 aromatic carbocycles. The van der Waals surface area contributed by atoms with Crippen LogP contribution in [0.5, 0.6) is 0 Å². The zero-order valence-electron chi connectivity index (χ0n) is 24.8. The number of primary sulfonamides is 1. The molecule has 0 saturated heterocycles. The number of rotatable bonds is 19. The molecule has 42 heavy (non-hydrogen) atoms. The number of aromatic nitrogens is 2. The van der Waals surface area contributed by atoms with Crippen LogP contribution in [0.15, 0.2) is 27.9 Å². The van der Waals surface area contributed by atoms with Crippen LogP contribution in [0.1, 0.15) is 97.3 Å². The average molecular weight is 644 g/mol. The molecule has 0 aliphatic rings. The number of esters is 2. The Labute approximate surface area is 270 Å². The molecule has 0 amide bonds. The molecule has 1 unspecified atom stereocenters. The Morgan fingerprint density at radius 1 is 0.905 bits per heavy atom. The zero-order valence-corrected chi connectivity index (χ0v) is 28.4. The third kappa shape index (κ3) is 16.9. The van der Waals surface area contributed by atoms with Crippen LogP contribution in [-0.4, -0.2) is 61.9 Å². The van der Waals surface area contributed by atoms with Crippen molar-refractivity contribution >= 4 is 43.2 Å². The first-order valence-corrected chi connectivity index (χ1v) is 16.9. The van der Waals surface area contributed by atoms with Gasteiger partial charge in [0.1, 0.15) is 10.1 Å². The molecular weight excluding hydrogens is 601 g/mol. The molecule has 0 saturated carbocycles. The number of sulfonamides is 1. The van der Waals surface area contributed by atoms with Gasteiger partial charge >= 0.3 is 41.5 Å². The van der Waals surface area contributed by atoms with Crippen molar-refractivity contribution in [1.29, 1.82) is 0 Å². The molecule has 234 valence electrons. The maximum Gasteiger partial charge on any atom is 1.00 e. The van der Waals surface area contributed by atoms with Crippen molar-refractivity contribution in [1.82, 2.24) is 10.1 Å². The van der Waals surface area contributed by atoms with Gasteiger partial charge in [0.25, 0.3) is 10.0 Å². The summed E-state index contributed by atoms with van der Waals surface area (Å²) in [4.78, 5) is 27.5. The number of hydrogen-bond acceptors (Lipinski definition) is 12. The molecule has 0 spiro atoms. The molecular formula is C26H42N3NaO10S2. The summed E-state index contributed by atoms with van der Waals surface area (Å²) in [6.45, 7) is 4.44. The Bertz CT molecular complexity index is 1270. The molecule has 13 nitrogen and oxygen atoms in total. The molecule has 1 atom stereocenters. The van der Waals surface area contributed by atoms with E-state index in [9.17, 15) is 31.0 Å². The fourth-order valence-electron chi connectivity index (χ4n) is 3.68. The molecule has 0 fully saturated rings. The van der Waals surface area contributed by atoms with Gasteiger partial charge in [0.2, 0.25) is 5.03 Å². The second-order valence-electron chi connectivity index (χ2n) is 9.49. The molecule has 2 aromatic heterocycles. The van der Waals surface area contributed by atoms with Crippen molar-refractivity contribution in [3.8, 4) is 0 Å². The molecule has 2 heterocycles. The van der Waals surface area contributed by atoms with E-state index in [1.54, 1.807) is 12.1 Å². The molecule has 2 rings (SSSR count). The summed E-state index contributed by atoms with van der Waals surface area (Å²) < 4.78 is 70.4. The van der Waals surface area contributed by atoms with E-state index in [1.165, 1.54) is 12.6 Å². The van der Waals surface area contributed by atoms with Crippen LogP contribution in [0, 0.1) is 0 Å². The van der Waals surface area contributed by atoms with E-state index < -0.39 is 43.8 Å². The van der Waals surface area contributed by atoms with Crippen LogP contribution in [0.2, 0.25) is 0 Å². The Kier molecular flexibility index (Phi) is 21.1. The fourth-order valence-corrected chi connectivity index (χ4v) is 4.88. The van der Waals surface area contributed by atoms with Gasteiger partial charge in [0, 0.05) is 6.20 Å². The number of carbonyl (C=O) groups excluding carboxylic acids is 2. The number of carbonyl (C=O) groups is 2. The summed E-state index contributed by atoms with van der Waals surface area (Å²) in [6.07, 6.45) is 12.6. The predicted octanol–water partition coefficient (Wildman–Crippen LogP) is 0.972. The molecule has 2 aromatic rings. The van der Waals surface area contributed by atoms with Gasteiger partial charge in [-0.05, 0) is 25.0 Å². The SMILES string of the molecule is CCCCCCCCOC(=O)CC(C(=O)OCCCCCCCC)S(=O)(=O)[O-].NS(=O)(=O)c1noc2cccnc12.[Na+]. The predicted molar refractivity (Wildman–Crippen MR) is 150 cm³/mol. The van der Waals surface area contributed by atoms with Crippen molar-refractivity contribution in [2.75, 3.05) is 13.2 Å². The second-order valence-corrected chi connectivity index (χ2v) is 12.5. The number of unbranched alkanes of at least 4 members (excludes halogenated alkanes) is 10. The number of nitrogens with two attached hydrogens (primary N) is 1. The molecule has 16 heteroatoms. The minimum absolute atomic E-state index is 0. The Hall–Kier alpha value is -1.62. The zero-order chi connectivity index (χ0) is 30.7. The molecule has 0 aliphatic carbocycles. The largest absolute Gasteiger partial charge is 1.00 e.